The third-order valence-electron chi connectivity index (χ3n) is 5.26. The number of unbranched alkanes of at least 4 members (excludes halogenated alkanes) is 1. The van der Waals surface area contributed by atoms with Crippen LogP contribution in [-0.2, 0) is 12.8 Å². The van der Waals surface area contributed by atoms with Gasteiger partial charge in [0.2, 0.25) is 0 Å². The zero-order chi connectivity index (χ0) is 22.0. The summed E-state index contributed by atoms with van der Waals surface area (Å²) in [6.07, 6.45) is 3.70. The molecule has 2 heterocycles. The average molecular weight is 489 g/mol. The van der Waals surface area contributed by atoms with Crippen molar-refractivity contribution >= 4 is 58.4 Å². The number of rotatable bonds is 8. The van der Waals surface area contributed by atoms with Crippen LogP contribution in [0.1, 0.15) is 49.3 Å². The number of benzene rings is 2. The van der Waals surface area contributed by atoms with E-state index >= 15 is 0 Å². The quantitative estimate of drug-likeness (QED) is 0.134. The smallest absolute Gasteiger partial charge is 0.134 e. The van der Waals surface area contributed by atoms with Crippen molar-refractivity contribution in [2.75, 3.05) is 0 Å². The molecule has 176 valence electrons. The van der Waals surface area contributed by atoms with Gasteiger partial charge in [0, 0.05) is 40.8 Å². The van der Waals surface area contributed by atoms with Gasteiger partial charge in [0.05, 0.1) is 0 Å². The maximum Gasteiger partial charge on any atom is 0.134 e. The van der Waals surface area contributed by atoms with Crippen LogP contribution in [0.3, 0.4) is 0 Å². The molecule has 0 atom stereocenters. The zero-order valence-electron chi connectivity index (χ0n) is 18.7. The van der Waals surface area contributed by atoms with E-state index in [9.17, 15) is 0 Å². The molecule has 0 bridgehead atoms. The highest BCUT2D eigenvalue weighted by molar-refractivity contribution is 6.00. The summed E-state index contributed by atoms with van der Waals surface area (Å²) in [4.78, 5) is 0. The Labute approximate surface area is 205 Å². The molecule has 33 heavy (non-hydrogen) atoms. The van der Waals surface area contributed by atoms with Gasteiger partial charge in [-0.3, -0.25) is 10.8 Å². The van der Waals surface area contributed by atoms with E-state index in [2.05, 4.69) is 11.4 Å². The van der Waals surface area contributed by atoms with Gasteiger partial charge in [0.15, 0.2) is 0 Å². The Bertz CT molecular complexity index is 1260. The van der Waals surface area contributed by atoms with E-state index in [4.69, 9.17) is 25.4 Å². The first-order valence-corrected chi connectivity index (χ1v) is 10.6. The zero-order valence-corrected chi connectivity index (χ0v) is 20.4. The Kier molecular flexibility index (Phi) is 8.97. The van der Waals surface area contributed by atoms with Crippen molar-refractivity contribution in [3.63, 3.8) is 0 Å². The van der Waals surface area contributed by atoms with E-state index in [1.54, 1.807) is 0 Å². The Morgan fingerprint density at radius 3 is 1.79 bits per heavy atom. The summed E-state index contributed by atoms with van der Waals surface area (Å²) in [6.45, 7) is 4.05. The summed E-state index contributed by atoms with van der Waals surface area (Å²) in [5, 5.41) is 20.9. The minimum absolute atomic E-state index is 0. The van der Waals surface area contributed by atoms with Gasteiger partial charge in [-0.1, -0.05) is 0 Å². The molecule has 0 aliphatic rings. The third kappa shape index (κ3) is 6.30. The molecule has 0 unspecified atom stereocenters. The van der Waals surface area contributed by atoms with Crippen LogP contribution in [0.25, 0.3) is 21.9 Å². The number of nitrogens with one attached hydrogen (secondary N) is 3. The molecule has 0 fully saturated rings. The lowest BCUT2D eigenvalue weighted by atomic mass is 10.1. The number of aryl methyl sites for hydroxylation is 2. The van der Waals surface area contributed by atoms with Crippen molar-refractivity contribution < 1.29 is 8.83 Å². The number of amidine groups is 2. The Morgan fingerprint density at radius 2 is 1.30 bits per heavy atom. The molecule has 2 aromatic carbocycles. The molecule has 5 N–H and O–H groups in total. The van der Waals surface area contributed by atoms with Crippen LogP contribution in [0.15, 0.2) is 57.4 Å². The summed E-state index contributed by atoms with van der Waals surface area (Å²) in [5.74, 6) is 2.41. The molecule has 0 aliphatic heterocycles. The highest BCUT2D eigenvalue weighted by atomic mass is 35.5. The molecule has 0 aliphatic carbocycles. The molecular formula is C25H30Cl2N4O2. The van der Waals surface area contributed by atoms with Gasteiger partial charge in [-0.05, 0) is 75.2 Å². The van der Waals surface area contributed by atoms with Crippen LogP contribution in [0.4, 0.5) is 0 Å². The van der Waals surface area contributed by atoms with Crippen LogP contribution < -0.4 is 11.1 Å². The van der Waals surface area contributed by atoms with Gasteiger partial charge in [-0.15, -0.1) is 24.8 Å². The van der Waals surface area contributed by atoms with Crippen LogP contribution >= 0.6 is 24.8 Å². The van der Waals surface area contributed by atoms with Crippen molar-refractivity contribution in [3.8, 4) is 0 Å². The van der Waals surface area contributed by atoms with Gasteiger partial charge < -0.3 is 19.9 Å². The molecule has 4 rings (SSSR count). The average Bonchev–Trinajstić information content (AvgIpc) is 3.32. The molecule has 0 spiro atoms. The van der Waals surface area contributed by atoms with Gasteiger partial charge >= 0.3 is 0 Å². The molecule has 0 radical (unpaired) electrons. The number of furan rings is 2. The van der Waals surface area contributed by atoms with E-state index in [0.717, 1.165) is 64.7 Å². The molecule has 6 nitrogen and oxygen atoms in total. The Balaban J connectivity index is 0.00000193. The minimum atomic E-state index is 0. The van der Waals surface area contributed by atoms with E-state index in [1.807, 2.05) is 56.3 Å². The second-order valence-electron chi connectivity index (χ2n) is 8.23. The predicted molar refractivity (Wildman–Crippen MR) is 140 cm³/mol. The SMILES string of the molecule is CC(C)NC(=N)c1ccc2oc(CCCCc3cc4cc(C(=N)N)ccc4o3)cc2c1.Cl.Cl. The van der Waals surface area contributed by atoms with E-state index < -0.39 is 0 Å². The number of nitrogens with two attached hydrogens (primary N) is 1. The monoisotopic (exact) mass is 488 g/mol. The topological polar surface area (TPSA) is 112 Å². The first-order chi connectivity index (χ1) is 14.9. The number of hydrogen-bond donors (Lipinski definition) is 4. The molecule has 0 saturated heterocycles. The van der Waals surface area contributed by atoms with Crippen LogP contribution in [0.2, 0.25) is 0 Å². The molecule has 0 amide bonds. The Morgan fingerprint density at radius 1 is 0.818 bits per heavy atom. The first-order valence-electron chi connectivity index (χ1n) is 10.6. The van der Waals surface area contributed by atoms with Crippen molar-refractivity contribution in [1.82, 2.24) is 5.32 Å². The number of hydrogen-bond acceptors (Lipinski definition) is 4. The summed E-state index contributed by atoms with van der Waals surface area (Å²) >= 11 is 0. The first kappa shape index (κ1) is 26.3. The van der Waals surface area contributed by atoms with Crippen LogP contribution in [-0.4, -0.2) is 17.7 Å². The summed E-state index contributed by atoms with van der Waals surface area (Å²) < 4.78 is 11.9. The number of fused-ring (bicyclic) bond motifs is 2. The standard InChI is InChI=1S/C25H28N4O2.2ClH/c1-15(2)29-25(28)17-8-10-23-19(12-17)14-21(31-23)6-4-3-5-20-13-18-11-16(24(26)27)7-9-22(18)30-20;;/h7-15H,3-6H2,1-2H3,(H3,26,27)(H2,28,29);2*1H. The molecule has 2 aromatic heterocycles. The normalized spacial score (nSPS) is 10.8. The van der Waals surface area contributed by atoms with Gasteiger partial charge in [0.1, 0.15) is 34.4 Å². The van der Waals surface area contributed by atoms with E-state index in [-0.39, 0.29) is 36.7 Å². The lowest BCUT2D eigenvalue weighted by Gasteiger charge is -2.10. The Hall–Kier alpha value is -2.96. The van der Waals surface area contributed by atoms with Crippen molar-refractivity contribution in [2.45, 2.75) is 45.6 Å². The second-order valence-corrected chi connectivity index (χ2v) is 8.23. The van der Waals surface area contributed by atoms with Crippen molar-refractivity contribution in [3.05, 3.63) is 71.2 Å². The predicted octanol–water partition coefficient (Wildman–Crippen LogP) is 6.20. The molecule has 0 saturated carbocycles. The largest absolute Gasteiger partial charge is 0.461 e. The summed E-state index contributed by atoms with van der Waals surface area (Å²) in [6, 6.07) is 15.8. The summed E-state index contributed by atoms with van der Waals surface area (Å²) in [7, 11) is 0. The summed E-state index contributed by atoms with van der Waals surface area (Å²) in [5.41, 5.74) is 8.82. The molecule has 4 aromatic rings. The van der Waals surface area contributed by atoms with Gasteiger partial charge in [0.25, 0.3) is 0 Å². The number of nitrogen functional groups attached to an aromatic ring is 1. The van der Waals surface area contributed by atoms with E-state index in [1.165, 1.54) is 0 Å². The highest BCUT2D eigenvalue weighted by Crippen LogP contribution is 2.24. The van der Waals surface area contributed by atoms with Crippen molar-refractivity contribution in [2.24, 2.45) is 5.73 Å². The fourth-order valence-electron chi connectivity index (χ4n) is 3.74. The fraction of sp³-hybridized carbons (Fsp3) is 0.280. The molecular weight excluding hydrogens is 459 g/mol. The molecule has 8 heteroatoms. The second kappa shape index (κ2) is 11.3. The minimum Gasteiger partial charge on any atom is -0.461 e. The highest BCUT2D eigenvalue weighted by Gasteiger charge is 2.09. The lowest BCUT2D eigenvalue weighted by molar-refractivity contribution is 0.509. The van der Waals surface area contributed by atoms with Crippen LogP contribution in [0, 0.1) is 10.8 Å². The number of halogens is 2. The van der Waals surface area contributed by atoms with Crippen LogP contribution in [0.5, 0.6) is 0 Å². The fourth-order valence-corrected chi connectivity index (χ4v) is 3.74. The van der Waals surface area contributed by atoms with Gasteiger partial charge in [-0.2, -0.15) is 0 Å². The lowest BCUT2D eigenvalue weighted by Crippen LogP contribution is -2.30. The van der Waals surface area contributed by atoms with Gasteiger partial charge in [-0.25, -0.2) is 0 Å². The van der Waals surface area contributed by atoms with Crippen molar-refractivity contribution in [1.29, 1.82) is 10.8 Å². The third-order valence-corrected chi connectivity index (χ3v) is 5.26. The maximum atomic E-state index is 8.17. The van der Waals surface area contributed by atoms with E-state index in [0.29, 0.717) is 11.4 Å². The maximum absolute atomic E-state index is 8.17.